The summed E-state index contributed by atoms with van der Waals surface area (Å²) < 4.78 is 4.75. The Morgan fingerprint density at radius 2 is 2.21 bits per heavy atom. The number of carbonyl (C=O) groups is 2. The highest BCUT2D eigenvalue weighted by atomic mass is 16.5. The summed E-state index contributed by atoms with van der Waals surface area (Å²) in [6.07, 6.45) is 0. The number of aromatic carboxylic acids is 1. The number of ether oxygens (including phenoxy) is 1. The van der Waals surface area contributed by atoms with E-state index in [0.29, 0.717) is 5.69 Å². The van der Waals surface area contributed by atoms with Crippen molar-refractivity contribution in [2.75, 3.05) is 6.61 Å². The van der Waals surface area contributed by atoms with E-state index in [-0.39, 0.29) is 17.9 Å². The number of aromatic amines is 1. The van der Waals surface area contributed by atoms with Crippen LogP contribution < -0.4 is 0 Å². The Labute approximate surface area is 80.7 Å². The lowest BCUT2D eigenvalue weighted by Gasteiger charge is -1.98. The molecular weight excluding hydrogens is 186 g/mol. The first-order valence-electron chi connectivity index (χ1n) is 4.16. The van der Waals surface area contributed by atoms with Crippen molar-refractivity contribution >= 4 is 11.9 Å². The van der Waals surface area contributed by atoms with E-state index in [0.717, 1.165) is 0 Å². The quantitative estimate of drug-likeness (QED) is 0.713. The van der Waals surface area contributed by atoms with Gasteiger partial charge in [0.15, 0.2) is 0 Å². The third-order valence-electron chi connectivity index (χ3n) is 1.74. The van der Waals surface area contributed by atoms with Gasteiger partial charge in [-0.1, -0.05) is 0 Å². The zero-order chi connectivity index (χ0) is 10.7. The van der Waals surface area contributed by atoms with Gasteiger partial charge in [0.1, 0.15) is 5.69 Å². The largest absolute Gasteiger partial charge is 0.477 e. The first kappa shape index (κ1) is 10.3. The lowest BCUT2D eigenvalue weighted by molar-refractivity contribution is 0.0525. The lowest BCUT2D eigenvalue weighted by atomic mass is 10.2. The summed E-state index contributed by atoms with van der Waals surface area (Å²) in [6.45, 7) is 3.59. The van der Waals surface area contributed by atoms with Crippen LogP contribution in [-0.4, -0.2) is 28.6 Å². The maximum Gasteiger partial charge on any atom is 0.352 e. The van der Waals surface area contributed by atoms with Crippen LogP contribution in [0.4, 0.5) is 0 Å². The molecule has 0 aliphatic rings. The summed E-state index contributed by atoms with van der Waals surface area (Å²) >= 11 is 0. The molecule has 2 N–H and O–H groups in total. The molecule has 0 unspecified atom stereocenters. The van der Waals surface area contributed by atoms with Crippen molar-refractivity contribution in [2.24, 2.45) is 0 Å². The minimum atomic E-state index is -1.09. The number of H-pyrrole nitrogens is 1. The Kier molecular flexibility index (Phi) is 2.91. The number of hydrogen-bond donors (Lipinski definition) is 2. The number of nitrogens with one attached hydrogen (secondary N) is 1. The van der Waals surface area contributed by atoms with Crippen molar-refractivity contribution in [1.82, 2.24) is 4.98 Å². The van der Waals surface area contributed by atoms with Crippen molar-refractivity contribution in [3.05, 3.63) is 23.0 Å². The smallest absolute Gasteiger partial charge is 0.352 e. The van der Waals surface area contributed by atoms with Gasteiger partial charge in [-0.25, -0.2) is 9.59 Å². The van der Waals surface area contributed by atoms with E-state index in [1.54, 1.807) is 13.8 Å². The summed E-state index contributed by atoms with van der Waals surface area (Å²) in [5, 5.41) is 8.65. The number of carboxylic acids is 1. The zero-order valence-corrected chi connectivity index (χ0v) is 7.96. The fourth-order valence-corrected chi connectivity index (χ4v) is 1.09. The average molecular weight is 197 g/mol. The molecule has 76 valence electrons. The normalized spacial score (nSPS) is 9.86. The molecule has 0 atom stereocenters. The second-order valence-electron chi connectivity index (χ2n) is 2.75. The van der Waals surface area contributed by atoms with E-state index in [9.17, 15) is 9.59 Å². The number of aryl methyl sites for hydroxylation is 1. The van der Waals surface area contributed by atoms with Crippen molar-refractivity contribution in [1.29, 1.82) is 0 Å². The van der Waals surface area contributed by atoms with E-state index >= 15 is 0 Å². The van der Waals surface area contributed by atoms with E-state index < -0.39 is 11.9 Å². The van der Waals surface area contributed by atoms with Gasteiger partial charge in [0.2, 0.25) is 0 Å². The van der Waals surface area contributed by atoms with Gasteiger partial charge < -0.3 is 14.8 Å². The summed E-state index contributed by atoms with van der Waals surface area (Å²) in [7, 11) is 0. The number of carbonyl (C=O) groups excluding carboxylic acids is 1. The first-order valence-corrected chi connectivity index (χ1v) is 4.16. The van der Waals surface area contributed by atoms with Crippen LogP contribution >= 0.6 is 0 Å². The molecule has 5 heteroatoms. The summed E-state index contributed by atoms with van der Waals surface area (Å²) in [6, 6.07) is 1.27. The Morgan fingerprint density at radius 1 is 1.57 bits per heavy atom. The molecule has 0 fully saturated rings. The molecule has 0 aliphatic heterocycles. The van der Waals surface area contributed by atoms with Crippen molar-refractivity contribution < 1.29 is 19.4 Å². The van der Waals surface area contributed by atoms with Crippen LogP contribution in [-0.2, 0) is 4.74 Å². The van der Waals surface area contributed by atoms with Crippen LogP contribution in [0, 0.1) is 6.92 Å². The summed E-state index contributed by atoms with van der Waals surface area (Å²) in [5.74, 6) is -1.60. The molecule has 1 heterocycles. The molecule has 1 aromatic heterocycles. The minimum absolute atomic E-state index is 0.00875. The van der Waals surface area contributed by atoms with Crippen LogP contribution in [0.5, 0.6) is 0 Å². The number of hydrogen-bond acceptors (Lipinski definition) is 3. The van der Waals surface area contributed by atoms with Gasteiger partial charge in [-0.2, -0.15) is 0 Å². The zero-order valence-electron chi connectivity index (χ0n) is 7.96. The highest BCUT2D eigenvalue weighted by Crippen LogP contribution is 2.11. The number of carboxylic acid groups (broad SMARTS) is 1. The number of rotatable bonds is 3. The Hall–Kier alpha value is -1.78. The van der Waals surface area contributed by atoms with E-state index in [1.165, 1.54) is 6.07 Å². The first-order chi connectivity index (χ1) is 6.56. The van der Waals surface area contributed by atoms with Crippen LogP contribution in [0.15, 0.2) is 6.07 Å². The third kappa shape index (κ3) is 1.93. The predicted octanol–water partition coefficient (Wildman–Crippen LogP) is 1.20. The van der Waals surface area contributed by atoms with Crippen LogP contribution in [0.1, 0.15) is 33.5 Å². The van der Waals surface area contributed by atoms with Gasteiger partial charge in [0.05, 0.1) is 12.2 Å². The van der Waals surface area contributed by atoms with Crippen molar-refractivity contribution in [2.45, 2.75) is 13.8 Å². The second-order valence-corrected chi connectivity index (χ2v) is 2.75. The monoisotopic (exact) mass is 197 g/mol. The summed E-state index contributed by atoms with van der Waals surface area (Å²) in [4.78, 5) is 24.4. The SMILES string of the molecule is CCOC(=O)c1cc(C(=O)O)[nH]c1C. The van der Waals surface area contributed by atoms with Gasteiger partial charge >= 0.3 is 11.9 Å². The van der Waals surface area contributed by atoms with E-state index in [1.807, 2.05) is 0 Å². The standard InChI is InChI=1S/C9H11NO4/c1-3-14-9(13)6-4-7(8(11)12)10-5(6)2/h4,10H,3H2,1-2H3,(H,11,12). The van der Waals surface area contributed by atoms with Crippen molar-refractivity contribution in [3.8, 4) is 0 Å². The van der Waals surface area contributed by atoms with Gasteiger partial charge in [0.25, 0.3) is 0 Å². The third-order valence-corrected chi connectivity index (χ3v) is 1.74. The highest BCUT2D eigenvalue weighted by Gasteiger charge is 2.16. The molecule has 0 aromatic carbocycles. The van der Waals surface area contributed by atoms with Crippen LogP contribution in [0.25, 0.3) is 0 Å². The molecule has 0 aliphatic carbocycles. The fourth-order valence-electron chi connectivity index (χ4n) is 1.09. The average Bonchev–Trinajstić information content (AvgIpc) is 2.48. The van der Waals surface area contributed by atoms with Crippen LogP contribution in [0.2, 0.25) is 0 Å². The maximum atomic E-state index is 11.3. The van der Waals surface area contributed by atoms with Crippen molar-refractivity contribution in [3.63, 3.8) is 0 Å². The van der Waals surface area contributed by atoms with E-state index in [2.05, 4.69) is 4.98 Å². The molecule has 0 radical (unpaired) electrons. The maximum absolute atomic E-state index is 11.3. The molecule has 0 saturated heterocycles. The molecule has 1 aromatic rings. The summed E-state index contributed by atoms with van der Waals surface area (Å²) in [5.41, 5.74) is 0.760. The van der Waals surface area contributed by atoms with Gasteiger partial charge in [-0.15, -0.1) is 0 Å². The van der Waals surface area contributed by atoms with Gasteiger partial charge in [-0.05, 0) is 19.9 Å². The molecule has 5 nitrogen and oxygen atoms in total. The molecule has 14 heavy (non-hydrogen) atoms. The van der Waals surface area contributed by atoms with E-state index in [4.69, 9.17) is 9.84 Å². The van der Waals surface area contributed by atoms with Gasteiger partial charge in [0, 0.05) is 5.69 Å². The molecular formula is C9H11NO4. The Balaban J connectivity index is 2.98. The van der Waals surface area contributed by atoms with Crippen LogP contribution in [0.3, 0.4) is 0 Å². The number of esters is 1. The molecule has 1 rings (SSSR count). The molecule has 0 amide bonds. The second kappa shape index (κ2) is 3.95. The van der Waals surface area contributed by atoms with Gasteiger partial charge in [-0.3, -0.25) is 0 Å². The molecule has 0 saturated carbocycles. The highest BCUT2D eigenvalue weighted by molar-refractivity contribution is 5.95. The minimum Gasteiger partial charge on any atom is -0.477 e. The lowest BCUT2D eigenvalue weighted by Crippen LogP contribution is -2.04. The fraction of sp³-hybridized carbons (Fsp3) is 0.333. The Morgan fingerprint density at radius 3 is 2.64 bits per heavy atom. The number of aromatic nitrogens is 1. The Bertz CT molecular complexity index is 367. The molecule has 0 spiro atoms. The topological polar surface area (TPSA) is 79.4 Å². The molecule has 0 bridgehead atoms. The predicted molar refractivity (Wildman–Crippen MR) is 48.4 cm³/mol.